The minimum absolute atomic E-state index is 0.240. The van der Waals surface area contributed by atoms with E-state index < -0.39 is 0 Å². The molecule has 2 unspecified atom stereocenters. The number of ether oxygens (including phenoxy) is 2. The Bertz CT molecular complexity index is 1110. The summed E-state index contributed by atoms with van der Waals surface area (Å²) >= 11 is 1.56. The maximum absolute atomic E-state index is 9.56. The number of aromatic nitrogens is 2. The zero-order valence-electron chi connectivity index (χ0n) is 17.2. The van der Waals surface area contributed by atoms with E-state index in [9.17, 15) is 5.26 Å². The lowest BCUT2D eigenvalue weighted by Gasteiger charge is -2.40. The van der Waals surface area contributed by atoms with E-state index in [0.717, 1.165) is 65.2 Å². The molecule has 2 aliphatic heterocycles. The molecule has 6 nitrogen and oxygen atoms in total. The van der Waals surface area contributed by atoms with Crippen LogP contribution in [0, 0.1) is 17.2 Å². The Morgan fingerprint density at radius 2 is 1.90 bits per heavy atom. The Labute approximate surface area is 180 Å². The predicted molar refractivity (Wildman–Crippen MR) is 118 cm³/mol. The van der Waals surface area contributed by atoms with Crippen molar-refractivity contribution in [3.05, 3.63) is 35.5 Å². The molecule has 2 aliphatic rings. The predicted octanol–water partition coefficient (Wildman–Crippen LogP) is 4.63. The maximum atomic E-state index is 9.56. The third-order valence-electron chi connectivity index (χ3n) is 6.39. The molecule has 2 fully saturated rings. The van der Waals surface area contributed by atoms with Crippen molar-refractivity contribution in [1.82, 2.24) is 9.97 Å². The van der Waals surface area contributed by atoms with Gasteiger partial charge in [-0.25, -0.2) is 9.97 Å². The SMILES string of the molecule is COCC1CC2CCC(C1)N2c1nc(C#N)nc2scc(-c3ccccc3OC)c12. The van der Waals surface area contributed by atoms with Gasteiger partial charge in [0.25, 0.3) is 0 Å². The molecule has 0 N–H and O–H groups in total. The van der Waals surface area contributed by atoms with Gasteiger partial charge in [-0.15, -0.1) is 11.3 Å². The summed E-state index contributed by atoms with van der Waals surface area (Å²) in [7, 11) is 3.48. The summed E-state index contributed by atoms with van der Waals surface area (Å²) in [5.41, 5.74) is 2.10. The van der Waals surface area contributed by atoms with Crippen LogP contribution in [0.25, 0.3) is 21.3 Å². The molecule has 2 saturated heterocycles. The Hall–Kier alpha value is -2.69. The van der Waals surface area contributed by atoms with Gasteiger partial charge >= 0.3 is 0 Å². The number of hydrogen-bond donors (Lipinski definition) is 0. The van der Waals surface area contributed by atoms with E-state index >= 15 is 0 Å². The number of methoxy groups -OCH3 is 2. The van der Waals surface area contributed by atoms with Crippen LogP contribution in [-0.4, -0.2) is 42.9 Å². The Kier molecular flexibility index (Phi) is 5.05. The molecular weight excluding hydrogens is 396 g/mol. The largest absolute Gasteiger partial charge is 0.496 e. The molecule has 0 spiro atoms. The normalized spacial score (nSPS) is 23.0. The number of nitriles is 1. The van der Waals surface area contributed by atoms with Crippen molar-refractivity contribution in [2.24, 2.45) is 5.92 Å². The fraction of sp³-hybridized carbons (Fsp3) is 0.435. The van der Waals surface area contributed by atoms with Crippen LogP contribution in [0.15, 0.2) is 29.6 Å². The van der Waals surface area contributed by atoms with E-state index in [1.54, 1.807) is 25.6 Å². The fourth-order valence-electron chi connectivity index (χ4n) is 5.23. The number of fused-ring (bicyclic) bond motifs is 3. The minimum atomic E-state index is 0.240. The highest BCUT2D eigenvalue weighted by Crippen LogP contribution is 2.47. The highest BCUT2D eigenvalue weighted by Gasteiger charge is 2.42. The topological polar surface area (TPSA) is 71.3 Å². The molecule has 154 valence electrons. The third-order valence-corrected chi connectivity index (χ3v) is 7.26. The second-order valence-electron chi connectivity index (χ2n) is 8.10. The molecule has 0 radical (unpaired) electrons. The Balaban J connectivity index is 1.67. The van der Waals surface area contributed by atoms with E-state index in [0.29, 0.717) is 18.0 Å². The number of nitrogens with zero attached hydrogens (tertiary/aromatic N) is 4. The second kappa shape index (κ2) is 7.86. The molecular formula is C23H24N4O2S. The monoisotopic (exact) mass is 420 g/mol. The van der Waals surface area contributed by atoms with Gasteiger partial charge in [0.15, 0.2) is 0 Å². The van der Waals surface area contributed by atoms with Gasteiger partial charge in [0, 0.05) is 42.3 Å². The van der Waals surface area contributed by atoms with E-state index in [-0.39, 0.29) is 5.82 Å². The quantitative estimate of drug-likeness (QED) is 0.599. The van der Waals surface area contributed by atoms with Crippen LogP contribution in [0.4, 0.5) is 5.82 Å². The standard InChI is InChI=1S/C23H24N4O2S/c1-28-12-14-9-15-7-8-16(10-14)27(15)22-21-18(17-5-3-4-6-19(17)29-2)13-30-23(21)26-20(11-24)25-22/h3-6,13-16H,7-10,12H2,1-2H3. The summed E-state index contributed by atoms with van der Waals surface area (Å²) in [5.74, 6) is 2.56. The molecule has 1 aromatic carbocycles. The van der Waals surface area contributed by atoms with Crippen molar-refractivity contribution < 1.29 is 9.47 Å². The Morgan fingerprint density at radius 3 is 2.60 bits per heavy atom. The molecule has 0 saturated carbocycles. The molecule has 0 amide bonds. The summed E-state index contributed by atoms with van der Waals surface area (Å²) in [5, 5.41) is 12.7. The first-order chi connectivity index (χ1) is 14.7. The third kappa shape index (κ3) is 3.11. The molecule has 2 atom stereocenters. The molecule has 4 heterocycles. The second-order valence-corrected chi connectivity index (χ2v) is 8.96. The molecule has 5 rings (SSSR count). The van der Waals surface area contributed by atoms with Gasteiger partial charge in [0.2, 0.25) is 5.82 Å². The number of para-hydroxylation sites is 1. The minimum Gasteiger partial charge on any atom is -0.496 e. The average Bonchev–Trinajstić information content (AvgIpc) is 3.31. The van der Waals surface area contributed by atoms with Crippen LogP contribution >= 0.6 is 11.3 Å². The summed E-state index contributed by atoms with van der Waals surface area (Å²) in [6.45, 7) is 0.814. The molecule has 2 aromatic heterocycles. The number of rotatable bonds is 5. The van der Waals surface area contributed by atoms with Crippen molar-refractivity contribution in [1.29, 1.82) is 5.26 Å². The van der Waals surface area contributed by atoms with Gasteiger partial charge in [-0.1, -0.05) is 18.2 Å². The first-order valence-electron chi connectivity index (χ1n) is 10.3. The van der Waals surface area contributed by atoms with Crippen LogP contribution in [0.3, 0.4) is 0 Å². The summed E-state index contributed by atoms with van der Waals surface area (Å²) < 4.78 is 11.1. The number of hydrogen-bond acceptors (Lipinski definition) is 7. The zero-order chi connectivity index (χ0) is 20.7. The van der Waals surface area contributed by atoms with Crippen molar-refractivity contribution in [3.63, 3.8) is 0 Å². The number of benzene rings is 1. The highest BCUT2D eigenvalue weighted by atomic mass is 32.1. The van der Waals surface area contributed by atoms with Crippen LogP contribution in [0.2, 0.25) is 0 Å². The van der Waals surface area contributed by atoms with E-state index in [4.69, 9.17) is 14.5 Å². The lowest BCUT2D eigenvalue weighted by Crippen LogP contribution is -2.44. The van der Waals surface area contributed by atoms with Gasteiger partial charge in [0.05, 0.1) is 12.5 Å². The van der Waals surface area contributed by atoms with Crippen molar-refractivity contribution >= 4 is 27.4 Å². The average molecular weight is 421 g/mol. The summed E-state index contributed by atoms with van der Waals surface area (Å²) in [4.78, 5) is 12.6. The van der Waals surface area contributed by atoms with Gasteiger partial charge in [-0.3, -0.25) is 0 Å². The number of piperidine rings is 1. The van der Waals surface area contributed by atoms with Crippen LogP contribution in [-0.2, 0) is 4.74 Å². The van der Waals surface area contributed by atoms with Crippen LogP contribution in [0.5, 0.6) is 5.75 Å². The smallest absolute Gasteiger partial charge is 0.235 e. The molecule has 30 heavy (non-hydrogen) atoms. The van der Waals surface area contributed by atoms with Gasteiger partial charge in [-0.05, 0) is 37.7 Å². The molecule has 3 aromatic rings. The zero-order valence-corrected chi connectivity index (χ0v) is 18.0. The number of anilines is 1. The van der Waals surface area contributed by atoms with Crippen molar-refractivity contribution in [2.45, 2.75) is 37.8 Å². The van der Waals surface area contributed by atoms with Gasteiger partial charge in [0.1, 0.15) is 22.5 Å². The van der Waals surface area contributed by atoms with Crippen LogP contribution in [0.1, 0.15) is 31.5 Å². The van der Waals surface area contributed by atoms with Crippen molar-refractivity contribution in [3.8, 4) is 22.9 Å². The first kappa shape index (κ1) is 19.3. The Morgan fingerprint density at radius 1 is 1.13 bits per heavy atom. The first-order valence-corrected chi connectivity index (χ1v) is 11.2. The van der Waals surface area contributed by atoms with E-state index in [1.165, 1.54) is 0 Å². The molecule has 2 bridgehead atoms. The van der Waals surface area contributed by atoms with Crippen molar-refractivity contribution in [2.75, 3.05) is 25.7 Å². The summed E-state index contributed by atoms with van der Waals surface area (Å²) in [6.07, 6.45) is 4.52. The lowest BCUT2D eigenvalue weighted by atomic mass is 9.91. The molecule has 7 heteroatoms. The fourth-order valence-corrected chi connectivity index (χ4v) is 6.17. The number of thiophene rings is 1. The van der Waals surface area contributed by atoms with Crippen LogP contribution < -0.4 is 9.64 Å². The highest BCUT2D eigenvalue weighted by molar-refractivity contribution is 7.17. The maximum Gasteiger partial charge on any atom is 0.235 e. The summed E-state index contributed by atoms with van der Waals surface area (Å²) in [6, 6.07) is 11.1. The van der Waals surface area contributed by atoms with E-state index in [2.05, 4.69) is 27.4 Å². The van der Waals surface area contributed by atoms with Gasteiger partial charge in [-0.2, -0.15) is 5.26 Å². The lowest BCUT2D eigenvalue weighted by molar-refractivity contribution is 0.129. The van der Waals surface area contributed by atoms with E-state index in [1.807, 2.05) is 18.2 Å². The van der Waals surface area contributed by atoms with Gasteiger partial charge < -0.3 is 14.4 Å². The molecule has 0 aliphatic carbocycles.